The first-order chi connectivity index (χ1) is 8.15. The molecule has 1 amide bonds. The fourth-order valence-corrected chi connectivity index (χ4v) is 2.74. The third-order valence-electron chi connectivity index (χ3n) is 3.24. The predicted octanol–water partition coefficient (Wildman–Crippen LogP) is 3.60. The van der Waals surface area contributed by atoms with Crippen molar-refractivity contribution in [3.05, 3.63) is 23.1 Å². The highest BCUT2D eigenvalue weighted by molar-refractivity contribution is 6.29. The molecule has 0 bridgehead atoms. The van der Waals surface area contributed by atoms with Gasteiger partial charge in [0, 0.05) is 5.88 Å². The molecule has 17 heavy (non-hydrogen) atoms. The molecule has 0 radical (unpaired) electrons. The first-order valence-corrected chi connectivity index (χ1v) is 6.70. The number of amides is 1. The second-order valence-electron chi connectivity index (χ2n) is 4.53. The van der Waals surface area contributed by atoms with Crippen molar-refractivity contribution in [1.29, 1.82) is 0 Å². The number of carbonyl (C=O) groups excluding carboxylic acids is 1. The molecule has 0 unspecified atom stereocenters. The Bertz CT molecular complexity index is 397. The van der Waals surface area contributed by atoms with Crippen LogP contribution in [0.4, 0.5) is 0 Å². The van der Waals surface area contributed by atoms with E-state index >= 15 is 0 Å². The Hall–Kier alpha value is -0.670. The van der Waals surface area contributed by atoms with Gasteiger partial charge in [0.2, 0.25) is 0 Å². The van der Waals surface area contributed by atoms with Crippen LogP contribution in [0.3, 0.4) is 0 Å². The Kier molecular flexibility index (Phi) is 4.00. The van der Waals surface area contributed by atoms with Crippen molar-refractivity contribution in [3.8, 4) is 0 Å². The van der Waals surface area contributed by atoms with E-state index in [2.05, 4.69) is 5.32 Å². The van der Waals surface area contributed by atoms with Gasteiger partial charge in [0.25, 0.3) is 5.91 Å². The molecular formula is C12H15Cl2NO2. The lowest BCUT2D eigenvalue weighted by Gasteiger charge is -2.36. The molecule has 1 heterocycles. The van der Waals surface area contributed by atoms with Crippen LogP contribution >= 0.6 is 23.2 Å². The summed E-state index contributed by atoms with van der Waals surface area (Å²) < 4.78 is 5.09. The van der Waals surface area contributed by atoms with Crippen molar-refractivity contribution in [2.75, 3.05) is 5.88 Å². The highest BCUT2D eigenvalue weighted by atomic mass is 35.5. The SMILES string of the molecule is O=C(NC1(CCl)CCCCC1)c1ccc(Cl)o1. The molecule has 1 aliphatic carbocycles. The summed E-state index contributed by atoms with van der Waals surface area (Å²) in [5.41, 5.74) is -0.282. The van der Waals surface area contributed by atoms with Gasteiger partial charge >= 0.3 is 0 Å². The van der Waals surface area contributed by atoms with Gasteiger partial charge in [-0.2, -0.15) is 0 Å². The van der Waals surface area contributed by atoms with E-state index in [-0.39, 0.29) is 22.4 Å². The van der Waals surface area contributed by atoms with Gasteiger partial charge in [-0.05, 0) is 36.6 Å². The lowest BCUT2D eigenvalue weighted by molar-refractivity contribution is 0.0856. The summed E-state index contributed by atoms with van der Waals surface area (Å²) in [6.45, 7) is 0. The fraction of sp³-hybridized carbons (Fsp3) is 0.583. The van der Waals surface area contributed by atoms with Crippen LogP contribution in [-0.2, 0) is 0 Å². The van der Waals surface area contributed by atoms with Crippen molar-refractivity contribution >= 4 is 29.1 Å². The van der Waals surface area contributed by atoms with E-state index in [9.17, 15) is 4.79 Å². The predicted molar refractivity (Wildman–Crippen MR) is 67.7 cm³/mol. The molecule has 0 aromatic carbocycles. The molecule has 94 valence electrons. The lowest BCUT2D eigenvalue weighted by atomic mass is 9.83. The minimum Gasteiger partial charge on any atom is -0.440 e. The Balaban J connectivity index is 2.05. The van der Waals surface area contributed by atoms with Crippen LogP contribution in [0, 0.1) is 0 Å². The maximum absolute atomic E-state index is 12.0. The first-order valence-electron chi connectivity index (χ1n) is 5.79. The second kappa shape index (κ2) is 5.32. The second-order valence-corrected chi connectivity index (χ2v) is 5.17. The molecule has 0 aliphatic heterocycles. The smallest absolute Gasteiger partial charge is 0.287 e. The van der Waals surface area contributed by atoms with Crippen LogP contribution in [0.15, 0.2) is 16.5 Å². The van der Waals surface area contributed by atoms with Crippen LogP contribution in [-0.4, -0.2) is 17.3 Å². The van der Waals surface area contributed by atoms with E-state index in [0.717, 1.165) is 25.7 Å². The van der Waals surface area contributed by atoms with E-state index in [4.69, 9.17) is 27.6 Å². The van der Waals surface area contributed by atoms with E-state index in [1.807, 2.05) is 0 Å². The molecule has 1 fully saturated rings. The number of furan rings is 1. The van der Waals surface area contributed by atoms with Gasteiger partial charge in [0.05, 0.1) is 5.54 Å². The number of nitrogens with one attached hydrogen (secondary N) is 1. The molecule has 1 aromatic heterocycles. The summed E-state index contributed by atoms with van der Waals surface area (Å²) in [6, 6.07) is 3.13. The summed E-state index contributed by atoms with van der Waals surface area (Å²) in [4.78, 5) is 12.0. The van der Waals surface area contributed by atoms with Gasteiger partial charge in [0.15, 0.2) is 11.0 Å². The summed E-state index contributed by atoms with van der Waals surface area (Å²) in [5.74, 6) is 0.442. The Labute approximate surface area is 110 Å². The van der Waals surface area contributed by atoms with Crippen LogP contribution < -0.4 is 5.32 Å². The van der Waals surface area contributed by atoms with Gasteiger partial charge < -0.3 is 9.73 Å². The van der Waals surface area contributed by atoms with Crippen molar-refractivity contribution in [1.82, 2.24) is 5.32 Å². The minimum atomic E-state index is -0.282. The van der Waals surface area contributed by atoms with Gasteiger partial charge in [-0.3, -0.25) is 4.79 Å². The number of hydrogen-bond donors (Lipinski definition) is 1. The van der Waals surface area contributed by atoms with Crippen LogP contribution in [0.5, 0.6) is 0 Å². The van der Waals surface area contributed by atoms with Crippen molar-refractivity contribution < 1.29 is 9.21 Å². The number of rotatable bonds is 3. The molecule has 1 saturated carbocycles. The number of alkyl halides is 1. The molecule has 1 aromatic rings. The summed E-state index contributed by atoms with van der Waals surface area (Å²) in [5, 5.41) is 3.21. The van der Waals surface area contributed by atoms with E-state index in [1.165, 1.54) is 6.42 Å². The molecule has 2 rings (SSSR count). The zero-order valence-corrected chi connectivity index (χ0v) is 11.0. The highest BCUT2D eigenvalue weighted by Gasteiger charge is 2.33. The highest BCUT2D eigenvalue weighted by Crippen LogP contribution is 2.29. The topological polar surface area (TPSA) is 42.2 Å². The Morgan fingerprint density at radius 3 is 2.59 bits per heavy atom. The standard InChI is InChI=1S/C12H15Cl2NO2/c13-8-12(6-2-1-3-7-12)15-11(16)9-4-5-10(14)17-9/h4-5H,1-3,6-8H2,(H,15,16). The summed E-state index contributed by atoms with van der Waals surface area (Å²) in [7, 11) is 0. The van der Waals surface area contributed by atoms with Crippen molar-refractivity contribution in [3.63, 3.8) is 0 Å². The third-order valence-corrected chi connectivity index (χ3v) is 3.96. The molecule has 1 N–H and O–H groups in total. The van der Waals surface area contributed by atoms with E-state index in [0.29, 0.717) is 5.88 Å². The number of halogens is 2. The fourth-order valence-electron chi connectivity index (χ4n) is 2.26. The molecular weight excluding hydrogens is 261 g/mol. The zero-order chi connectivity index (χ0) is 12.3. The average molecular weight is 276 g/mol. The van der Waals surface area contributed by atoms with Crippen molar-refractivity contribution in [2.45, 2.75) is 37.6 Å². The van der Waals surface area contributed by atoms with Crippen molar-refractivity contribution in [2.24, 2.45) is 0 Å². The quantitative estimate of drug-likeness (QED) is 0.857. The van der Waals surface area contributed by atoms with Gasteiger partial charge in [0.1, 0.15) is 0 Å². The molecule has 0 saturated heterocycles. The normalized spacial score (nSPS) is 18.9. The maximum Gasteiger partial charge on any atom is 0.287 e. The monoisotopic (exact) mass is 275 g/mol. The molecule has 0 spiro atoms. The summed E-state index contributed by atoms with van der Waals surface area (Å²) >= 11 is 11.6. The van der Waals surface area contributed by atoms with Crippen LogP contribution in [0.25, 0.3) is 0 Å². The lowest BCUT2D eigenvalue weighted by Crippen LogP contribution is -2.51. The van der Waals surface area contributed by atoms with Crippen LogP contribution in [0.1, 0.15) is 42.7 Å². The average Bonchev–Trinajstić information content (AvgIpc) is 2.77. The number of carbonyl (C=O) groups is 1. The Morgan fingerprint density at radius 1 is 1.35 bits per heavy atom. The summed E-state index contributed by atoms with van der Waals surface area (Å²) in [6.07, 6.45) is 5.27. The molecule has 5 heteroatoms. The third kappa shape index (κ3) is 2.96. The molecule has 3 nitrogen and oxygen atoms in total. The molecule has 0 atom stereocenters. The minimum absolute atomic E-state index is 0.221. The maximum atomic E-state index is 12.0. The van der Waals surface area contributed by atoms with Gasteiger partial charge in [-0.15, -0.1) is 11.6 Å². The van der Waals surface area contributed by atoms with E-state index < -0.39 is 0 Å². The zero-order valence-electron chi connectivity index (χ0n) is 9.47. The number of hydrogen-bond acceptors (Lipinski definition) is 2. The largest absolute Gasteiger partial charge is 0.440 e. The first kappa shape index (κ1) is 12.8. The molecule has 1 aliphatic rings. The van der Waals surface area contributed by atoms with Gasteiger partial charge in [-0.1, -0.05) is 19.3 Å². The van der Waals surface area contributed by atoms with E-state index in [1.54, 1.807) is 12.1 Å². The van der Waals surface area contributed by atoms with Gasteiger partial charge in [-0.25, -0.2) is 0 Å². The Morgan fingerprint density at radius 2 is 2.06 bits per heavy atom. The van der Waals surface area contributed by atoms with Crippen LogP contribution in [0.2, 0.25) is 5.22 Å².